The fourth-order valence-corrected chi connectivity index (χ4v) is 2.01. The Balaban J connectivity index is 2.62. The summed E-state index contributed by atoms with van der Waals surface area (Å²) in [5, 5.41) is 9.21. The highest BCUT2D eigenvalue weighted by molar-refractivity contribution is 5.95. The zero-order valence-electron chi connectivity index (χ0n) is 11.5. The summed E-state index contributed by atoms with van der Waals surface area (Å²) in [5.74, 6) is -1.15. The van der Waals surface area contributed by atoms with Crippen molar-refractivity contribution < 1.29 is 14.6 Å². The van der Waals surface area contributed by atoms with Crippen LogP contribution in [-0.2, 0) is 10.3 Å². The van der Waals surface area contributed by atoms with Crippen molar-refractivity contribution in [2.45, 2.75) is 32.2 Å². The summed E-state index contributed by atoms with van der Waals surface area (Å²) in [6.07, 6.45) is 5.83. The first-order valence-corrected chi connectivity index (χ1v) is 6.48. The topological polar surface area (TPSA) is 94.5 Å². The minimum atomic E-state index is -1.15. The van der Waals surface area contributed by atoms with Crippen LogP contribution < -0.4 is 11.3 Å². The maximum absolute atomic E-state index is 12.4. The van der Waals surface area contributed by atoms with Crippen LogP contribution in [0.2, 0.25) is 0 Å². The zero-order chi connectivity index (χ0) is 14.9. The molecule has 6 nitrogen and oxygen atoms in total. The Labute approximate surface area is 116 Å². The van der Waals surface area contributed by atoms with Gasteiger partial charge in [-0.15, -0.1) is 0 Å². The smallest absolute Gasteiger partial charge is 0.339 e. The second-order valence-corrected chi connectivity index (χ2v) is 5.11. The Kier molecular flexibility index (Phi) is 3.57. The average Bonchev–Trinajstić information content (AvgIpc) is 3.12. The standard InChI is InChI=1S/C14H18N2O4/c1-3-20-7-4-9-11(15)10(13(18)19)8-16(12(9)17)14(2)5-6-14/h4,7-8H,3,5-6,15H2,1-2H3,(H,18,19)/b7-4+. The molecule has 6 heteroatoms. The summed E-state index contributed by atoms with van der Waals surface area (Å²) >= 11 is 0. The monoisotopic (exact) mass is 278 g/mol. The molecular weight excluding hydrogens is 260 g/mol. The van der Waals surface area contributed by atoms with E-state index >= 15 is 0 Å². The number of nitrogens with two attached hydrogens (primary N) is 1. The number of aromatic carboxylic acids is 1. The predicted octanol–water partition coefficient (Wildman–Crippen LogP) is 1.64. The van der Waals surface area contributed by atoms with Crippen LogP contribution in [0.3, 0.4) is 0 Å². The van der Waals surface area contributed by atoms with Crippen LogP contribution >= 0.6 is 0 Å². The summed E-state index contributed by atoms with van der Waals surface area (Å²) in [6, 6.07) is 0. The number of carbonyl (C=O) groups is 1. The quantitative estimate of drug-likeness (QED) is 0.798. The molecule has 1 aromatic heterocycles. The molecule has 1 saturated carbocycles. The molecule has 20 heavy (non-hydrogen) atoms. The van der Waals surface area contributed by atoms with Crippen LogP contribution in [0.15, 0.2) is 17.3 Å². The van der Waals surface area contributed by atoms with E-state index in [1.807, 2.05) is 13.8 Å². The lowest BCUT2D eigenvalue weighted by molar-refractivity contribution is 0.0697. The SMILES string of the molecule is CCO/C=C/c1c(N)c(C(=O)O)cn(C2(C)CC2)c1=O. The number of nitrogen functional groups attached to an aromatic ring is 1. The fraction of sp³-hybridized carbons (Fsp3) is 0.429. The highest BCUT2D eigenvalue weighted by atomic mass is 16.5. The van der Waals surface area contributed by atoms with Crippen LogP contribution in [0.5, 0.6) is 0 Å². The largest absolute Gasteiger partial charge is 0.501 e. The Morgan fingerprint density at radius 2 is 2.25 bits per heavy atom. The van der Waals surface area contributed by atoms with Crippen LogP contribution in [0.1, 0.15) is 42.6 Å². The molecule has 0 atom stereocenters. The molecule has 3 N–H and O–H groups in total. The van der Waals surface area contributed by atoms with E-state index in [4.69, 9.17) is 10.5 Å². The van der Waals surface area contributed by atoms with Crippen molar-refractivity contribution in [1.29, 1.82) is 0 Å². The van der Waals surface area contributed by atoms with Gasteiger partial charge >= 0.3 is 5.97 Å². The van der Waals surface area contributed by atoms with Crippen LogP contribution in [-0.4, -0.2) is 22.2 Å². The Morgan fingerprint density at radius 1 is 1.60 bits per heavy atom. The second-order valence-electron chi connectivity index (χ2n) is 5.11. The molecule has 1 aliphatic rings. The van der Waals surface area contributed by atoms with E-state index in [0.29, 0.717) is 6.61 Å². The molecular formula is C14H18N2O4. The number of ether oxygens (including phenoxy) is 1. The summed E-state index contributed by atoms with van der Waals surface area (Å²) < 4.78 is 6.53. The molecule has 108 valence electrons. The highest BCUT2D eigenvalue weighted by Gasteiger charge is 2.41. The number of carboxylic acids is 1. The molecule has 0 amide bonds. The maximum atomic E-state index is 12.4. The number of aromatic nitrogens is 1. The maximum Gasteiger partial charge on any atom is 0.339 e. The molecule has 0 unspecified atom stereocenters. The van der Waals surface area contributed by atoms with Gasteiger partial charge in [0.25, 0.3) is 5.56 Å². The van der Waals surface area contributed by atoms with Gasteiger partial charge in [0.1, 0.15) is 0 Å². The summed E-state index contributed by atoms with van der Waals surface area (Å²) in [5.41, 5.74) is 5.28. The van der Waals surface area contributed by atoms with E-state index < -0.39 is 5.97 Å². The average molecular weight is 278 g/mol. The van der Waals surface area contributed by atoms with Gasteiger partial charge in [0.2, 0.25) is 0 Å². The number of pyridine rings is 1. The molecule has 0 aromatic carbocycles. The summed E-state index contributed by atoms with van der Waals surface area (Å²) in [6.45, 7) is 4.19. The zero-order valence-corrected chi connectivity index (χ0v) is 11.5. The normalized spacial score (nSPS) is 16.3. The van der Waals surface area contributed by atoms with Crippen LogP contribution in [0.25, 0.3) is 6.08 Å². The number of anilines is 1. The number of carboxylic acid groups (broad SMARTS) is 1. The van der Waals surface area contributed by atoms with E-state index in [1.165, 1.54) is 23.1 Å². The van der Waals surface area contributed by atoms with Gasteiger partial charge in [-0.1, -0.05) is 0 Å². The number of rotatable bonds is 5. The van der Waals surface area contributed by atoms with Gasteiger partial charge < -0.3 is 20.1 Å². The molecule has 1 fully saturated rings. The first-order valence-electron chi connectivity index (χ1n) is 6.48. The Hall–Kier alpha value is -2.24. The van der Waals surface area contributed by atoms with Crippen molar-refractivity contribution in [3.8, 4) is 0 Å². The third kappa shape index (κ3) is 2.41. The number of hydrogen-bond donors (Lipinski definition) is 2. The van der Waals surface area contributed by atoms with Gasteiger partial charge in [-0.25, -0.2) is 4.79 Å². The van der Waals surface area contributed by atoms with E-state index in [2.05, 4.69) is 0 Å². The van der Waals surface area contributed by atoms with E-state index in [9.17, 15) is 14.7 Å². The molecule has 0 radical (unpaired) electrons. The molecule has 0 aliphatic heterocycles. The van der Waals surface area contributed by atoms with Crippen molar-refractivity contribution in [2.24, 2.45) is 0 Å². The second kappa shape index (κ2) is 5.03. The van der Waals surface area contributed by atoms with Gasteiger partial charge in [-0.3, -0.25) is 4.79 Å². The van der Waals surface area contributed by atoms with Gasteiger partial charge in [0.05, 0.1) is 29.7 Å². The molecule has 0 saturated heterocycles. The lowest BCUT2D eigenvalue weighted by atomic mass is 10.1. The van der Waals surface area contributed by atoms with Crippen molar-refractivity contribution in [2.75, 3.05) is 12.3 Å². The van der Waals surface area contributed by atoms with E-state index in [-0.39, 0.29) is 27.9 Å². The molecule has 0 bridgehead atoms. The van der Waals surface area contributed by atoms with Gasteiger partial charge in [0, 0.05) is 11.7 Å². The third-order valence-electron chi connectivity index (χ3n) is 3.57. The lowest BCUT2D eigenvalue weighted by Gasteiger charge is -2.16. The minimum absolute atomic E-state index is 0.0287. The Bertz CT molecular complexity index is 627. The fourth-order valence-electron chi connectivity index (χ4n) is 2.01. The lowest BCUT2D eigenvalue weighted by Crippen LogP contribution is -2.31. The van der Waals surface area contributed by atoms with Gasteiger partial charge in [-0.2, -0.15) is 0 Å². The molecule has 0 spiro atoms. The molecule has 1 aromatic rings. The summed E-state index contributed by atoms with van der Waals surface area (Å²) in [7, 11) is 0. The van der Waals surface area contributed by atoms with Gasteiger partial charge in [-0.05, 0) is 32.8 Å². The minimum Gasteiger partial charge on any atom is -0.501 e. The van der Waals surface area contributed by atoms with Gasteiger partial charge in [0.15, 0.2) is 0 Å². The number of nitrogens with zero attached hydrogens (tertiary/aromatic N) is 1. The van der Waals surface area contributed by atoms with E-state index in [1.54, 1.807) is 0 Å². The first kappa shape index (κ1) is 14.2. The highest BCUT2D eigenvalue weighted by Crippen LogP contribution is 2.42. The van der Waals surface area contributed by atoms with Crippen molar-refractivity contribution in [3.05, 3.63) is 33.9 Å². The van der Waals surface area contributed by atoms with Crippen LogP contribution in [0, 0.1) is 0 Å². The summed E-state index contributed by atoms with van der Waals surface area (Å²) in [4.78, 5) is 23.7. The van der Waals surface area contributed by atoms with Crippen molar-refractivity contribution in [1.82, 2.24) is 4.57 Å². The predicted molar refractivity (Wildman–Crippen MR) is 75.6 cm³/mol. The van der Waals surface area contributed by atoms with Crippen molar-refractivity contribution >= 4 is 17.7 Å². The molecule has 2 rings (SSSR count). The Morgan fingerprint density at radius 3 is 2.75 bits per heavy atom. The first-order chi connectivity index (χ1) is 9.40. The number of hydrogen-bond acceptors (Lipinski definition) is 4. The molecule has 1 heterocycles. The molecule has 1 aliphatic carbocycles. The van der Waals surface area contributed by atoms with Crippen LogP contribution in [0.4, 0.5) is 5.69 Å². The van der Waals surface area contributed by atoms with Crippen molar-refractivity contribution in [3.63, 3.8) is 0 Å². The van der Waals surface area contributed by atoms with E-state index in [0.717, 1.165) is 12.8 Å². The third-order valence-corrected chi connectivity index (χ3v) is 3.57.